The molecular weight excluding hydrogens is 755 g/mol. The fraction of sp³-hybridized carbons (Fsp3) is 0.673. The summed E-state index contributed by atoms with van der Waals surface area (Å²) in [5.74, 6) is -0.630. The number of ether oxygens (including phenoxy) is 1. The van der Waals surface area contributed by atoms with Gasteiger partial charge in [-0.05, 0) is 64.2 Å². The fourth-order valence-electron chi connectivity index (χ4n) is 6.95. The number of unbranched alkanes of at least 4 members (excludes halogenated alkanes) is 19. The largest absolute Gasteiger partial charge is 0.461 e. The van der Waals surface area contributed by atoms with Crippen LogP contribution in [0.3, 0.4) is 0 Å². The van der Waals surface area contributed by atoms with Gasteiger partial charge in [0.15, 0.2) is 0 Å². The Bertz CT molecular complexity index is 1220. The molecule has 3 N–H and O–H groups in total. The van der Waals surface area contributed by atoms with Crippen LogP contribution >= 0.6 is 0 Å². The molecule has 0 saturated carbocycles. The lowest BCUT2D eigenvalue weighted by Crippen LogP contribution is -2.46. The number of nitrogens with one attached hydrogen (secondary N) is 1. The molecule has 0 bridgehead atoms. The van der Waals surface area contributed by atoms with E-state index in [-0.39, 0.29) is 24.9 Å². The van der Waals surface area contributed by atoms with Crippen LogP contribution in [0.25, 0.3) is 0 Å². The Labute approximate surface area is 376 Å². The Morgan fingerprint density at radius 3 is 1.56 bits per heavy atom. The van der Waals surface area contributed by atoms with Crippen LogP contribution in [0.5, 0.6) is 0 Å². The van der Waals surface area contributed by atoms with Crippen molar-refractivity contribution in [3.8, 4) is 0 Å². The van der Waals surface area contributed by atoms with Gasteiger partial charge in [0, 0.05) is 12.8 Å². The van der Waals surface area contributed by atoms with Gasteiger partial charge in [0.1, 0.15) is 6.10 Å². The van der Waals surface area contributed by atoms with E-state index in [0.717, 1.165) is 77.0 Å². The van der Waals surface area contributed by atoms with Crippen molar-refractivity contribution in [1.82, 2.24) is 5.32 Å². The van der Waals surface area contributed by atoms with Crippen molar-refractivity contribution in [2.45, 2.75) is 232 Å². The first-order chi connectivity index (χ1) is 30.0. The topological polar surface area (TPSA) is 95.9 Å². The number of carbonyl (C=O) groups is 2. The third-order valence-electron chi connectivity index (χ3n) is 10.7. The molecule has 0 aliphatic carbocycles. The lowest BCUT2D eigenvalue weighted by atomic mass is 10.0. The standard InChI is InChI=1S/C55H93NO5/c1-4-7-10-13-16-19-22-25-27-29-31-34-37-40-43-46-51(61-55(60)48-45-42-39-36-33-28-24-21-18-15-12-9-6-3)49-54(59)56-52(50-57)53(58)47-44-41-38-35-32-30-26-23-20-17-14-11-8-5-2/h9,12,15-16,18-19,21,24-25,27-28,31,33-34,40,43,51-53,57-58H,4-8,10-11,13-14,17,20,22-23,26,29-30,32,35-39,41-42,44-50H2,1-3H3,(H,56,59)/b12-9+,18-15+,19-16-,24-21-,27-25-,33-28-,34-31-,43-40-. The average molecular weight is 848 g/mol. The fourth-order valence-corrected chi connectivity index (χ4v) is 6.95. The highest BCUT2D eigenvalue weighted by Gasteiger charge is 2.23. The van der Waals surface area contributed by atoms with Crippen LogP contribution in [0, 0.1) is 0 Å². The number of carbonyl (C=O) groups excluding carboxylic acids is 2. The number of hydrogen-bond donors (Lipinski definition) is 3. The first-order valence-corrected chi connectivity index (χ1v) is 25.0. The van der Waals surface area contributed by atoms with Gasteiger partial charge in [0.2, 0.25) is 5.91 Å². The quantitative estimate of drug-likeness (QED) is 0.0246. The first kappa shape index (κ1) is 57.8. The van der Waals surface area contributed by atoms with E-state index in [4.69, 9.17) is 4.74 Å². The van der Waals surface area contributed by atoms with Crippen LogP contribution in [0.1, 0.15) is 213 Å². The van der Waals surface area contributed by atoms with E-state index < -0.39 is 18.2 Å². The lowest BCUT2D eigenvalue weighted by molar-refractivity contribution is -0.150. The molecule has 0 aliphatic heterocycles. The molecule has 0 radical (unpaired) electrons. The molecule has 6 heteroatoms. The van der Waals surface area contributed by atoms with Gasteiger partial charge >= 0.3 is 5.97 Å². The normalized spacial score (nSPS) is 14.1. The van der Waals surface area contributed by atoms with E-state index in [0.29, 0.717) is 19.3 Å². The average Bonchev–Trinajstić information content (AvgIpc) is 3.25. The second kappa shape index (κ2) is 47.8. The molecule has 348 valence electrons. The Kier molecular flexibility index (Phi) is 45.3. The zero-order valence-corrected chi connectivity index (χ0v) is 39.5. The molecule has 3 unspecified atom stereocenters. The molecule has 0 aliphatic rings. The number of aliphatic hydroxyl groups is 2. The SMILES string of the molecule is CC/C=C/C=C/C=C\C=C/CCCCCC(=O)OC(C/C=C\C/C=C\C/C=C\C/C=C\CCCCC)CC(=O)NC(CO)C(O)CCCCCCCCCCCCCCCC. The van der Waals surface area contributed by atoms with Gasteiger partial charge in [-0.1, -0.05) is 227 Å². The molecule has 0 aromatic carbocycles. The van der Waals surface area contributed by atoms with Crippen LogP contribution in [-0.2, 0) is 14.3 Å². The van der Waals surface area contributed by atoms with Crippen molar-refractivity contribution in [2.24, 2.45) is 0 Å². The minimum absolute atomic E-state index is 0.0196. The van der Waals surface area contributed by atoms with E-state index in [1.807, 2.05) is 42.5 Å². The number of allylic oxidation sites excluding steroid dienone is 15. The van der Waals surface area contributed by atoms with Crippen molar-refractivity contribution >= 4 is 11.9 Å². The third kappa shape index (κ3) is 43.2. The second-order valence-corrected chi connectivity index (χ2v) is 16.6. The highest BCUT2D eigenvalue weighted by atomic mass is 16.5. The number of rotatable bonds is 43. The molecule has 0 heterocycles. The Morgan fingerprint density at radius 2 is 0.984 bits per heavy atom. The molecule has 0 aromatic rings. The zero-order chi connectivity index (χ0) is 44.5. The Morgan fingerprint density at radius 1 is 0.525 bits per heavy atom. The van der Waals surface area contributed by atoms with E-state index >= 15 is 0 Å². The molecule has 61 heavy (non-hydrogen) atoms. The molecule has 0 spiro atoms. The number of esters is 1. The summed E-state index contributed by atoms with van der Waals surface area (Å²) in [6.07, 6.45) is 63.4. The van der Waals surface area contributed by atoms with E-state index in [2.05, 4.69) is 80.8 Å². The molecule has 0 rings (SSSR count). The molecule has 6 nitrogen and oxygen atoms in total. The summed E-state index contributed by atoms with van der Waals surface area (Å²) in [5.41, 5.74) is 0. The van der Waals surface area contributed by atoms with Crippen LogP contribution in [0.4, 0.5) is 0 Å². The summed E-state index contributed by atoms with van der Waals surface area (Å²) in [6.45, 7) is 6.27. The van der Waals surface area contributed by atoms with E-state index in [9.17, 15) is 19.8 Å². The first-order valence-electron chi connectivity index (χ1n) is 25.0. The van der Waals surface area contributed by atoms with Crippen LogP contribution in [0.15, 0.2) is 97.2 Å². The third-order valence-corrected chi connectivity index (χ3v) is 10.7. The summed E-state index contributed by atoms with van der Waals surface area (Å²) < 4.78 is 5.84. The maximum Gasteiger partial charge on any atom is 0.306 e. The number of amides is 1. The zero-order valence-electron chi connectivity index (χ0n) is 39.5. The minimum atomic E-state index is -0.823. The van der Waals surface area contributed by atoms with E-state index in [1.54, 1.807) is 0 Å². The van der Waals surface area contributed by atoms with Gasteiger partial charge in [0.05, 0.1) is 25.2 Å². The maximum absolute atomic E-state index is 13.2. The minimum Gasteiger partial charge on any atom is -0.461 e. The van der Waals surface area contributed by atoms with Crippen LogP contribution < -0.4 is 5.32 Å². The predicted molar refractivity (Wildman–Crippen MR) is 264 cm³/mol. The summed E-state index contributed by atoms with van der Waals surface area (Å²) >= 11 is 0. The predicted octanol–water partition coefficient (Wildman–Crippen LogP) is 14.9. The van der Waals surface area contributed by atoms with Crippen molar-refractivity contribution in [1.29, 1.82) is 0 Å². The molecular formula is C55H93NO5. The van der Waals surface area contributed by atoms with Crippen molar-refractivity contribution in [3.05, 3.63) is 97.2 Å². The van der Waals surface area contributed by atoms with Gasteiger partial charge in [0.25, 0.3) is 0 Å². The van der Waals surface area contributed by atoms with Crippen molar-refractivity contribution in [2.75, 3.05) is 6.61 Å². The van der Waals surface area contributed by atoms with Crippen LogP contribution in [-0.4, -0.2) is 46.9 Å². The van der Waals surface area contributed by atoms with Crippen molar-refractivity contribution in [3.63, 3.8) is 0 Å². The van der Waals surface area contributed by atoms with E-state index in [1.165, 1.54) is 89.9 Å². The summed E-state index contributed by atoms with van der Waals surface area (Å²) in [6, 6.07) is -0.744. The van der Waals surface area contributed by atoms with Gasteiger partial charge in [-0.2, -0.15) is 0 Å². The number of aliphatic hydroxyl groups excluding tert-OH is 2. The Balaban J connectivity index is 4.79. The maximum atomic E-state index is 13.2. The van der Waals surface area contributed by atoms with Crippen LogP contribution in [0.2, 0.25) is 0 Å². The Hall–Kier alpha value is -3.22. The van der Waals surface area contributed by atoms with Gasteiger partial charge in [-0.15, -0.1) is 0 Å². The van der Waals surface area contributed by atoms with Gasteiger partial charge < -0.3 is 20.3 Å². The van der Waals surface area contributed by atoms with Gasteiger partial charge in [-0.25, -0.2) is 0 Å². The highest BCUT2D eigenvalue weighted by Crippen LogP contribution is 2.16. The summed E-state index contributed by atoms with van der Waals surface area (Å²) in [5, 5.41) is 23.7. The monoisotopic (exact) mass is 848 g/mol. The molecule has 0 aromatic heterocycles. The molecule has 3 atom stereocenters. The molecule has 1 amide bonds. The summed E-state index contributed by atoms with van der Waals surface area (Å²) in [7, 11) is 0. The summed E-state index contributed by atoms with van der Waals surface area (Å²) in [4.78, 5) is 26.0. The molecule has 0 fully saturated rings. The highest BCUT2D eigenvalue weighted by molar-refractivity contribution is 5.77. The molecule has 0 saturated heterocycles. The number of hydrogen-bond acceptors (Lipinski definition) is 5. The van der Waals surface area contributed by atoms with Crippen molar-refractivity contribution < 1.29 is 24.5 Å². The smallest absolute Gasteiger partial charge is 0.306 e. The second-order valence-electron chi connectivity index (χ2n) is 16.6. The van der Waals surface area contributed by atoms with Gasteiger partial charge in [-0.3, -0.25) is 9.59 Å². The lowest BCUT2D eigenvalue weighted by Gasteiger charge is -2.24.